The molecule has 0 spiro atoms. The Balaban J connectivity index is 1.17. The van der Waals surface area contributed by atoms with E-state index in [-0.39, 0.29) is 31.0 Å². The lowest BCUT2D eigenvalue weighted by Crippen LogP contribution is -2.44. The number of ketones is 1. The first-order chi connectivity index (χ1) is 16.1. The summed E-state index contributed by atoms with van der Waals surface area (Å²) in [6.07, 6.45) is 4.95. The van der Waals surface area contributed by atoms with Gasteiger partial charge in [-0.25, -0.2) is 9.48 Å². The van der Waals surface area contributed by atoms with E-state index in [4.69, 9.17) is 9.26 Å². The summed E-state index contributed by atoms with van der Waals surface area (Å²) < 4.78 is 12.2. The van der Waals surface area contributed by atoms with Crippen LogP contribution in [-0.2, 0) is 11.3 Å². The number of benzene rings is 1. The molecular weight excluding hydrogens is 424 g/mol. The van der Waals surface area contributed by atoms with Crippen molar-refractivity contribution in [3.8, 4) is 11.3 Å². The van der Waals surface area contributed by atoms with Crippen molar-refractivity contribution in [1.82, 2.24) is 30.8 Å². The number of rotatable bonds is 11. The molecule has 0 unspecified atom stereocenters. The lowest BCUT2D eigenvalue weighted by atomic mass is 9.87. The molecule has 0 bridgehead atoms. The molecule has 174 valence electrons. The van der Waals surface area contributed by atoms with Crippen LogP contribution in [0.5, 0.6) is 0 Å². The first kappa shape index (κ1) is 22.7. The summed E-state index contributed by atoms with van der Waals surface area (Å²) in [7, 11) is 0. The molecular formula is C23H28N6O4. The van der Waals surface area contributed by atoms with Crippen LogP contribution in [0.15, 0.2) is 47.1 Å². The van der Waals surface area contributed by atoms with Crippen LogP contribution >= 0.6 is 0 Å². The molecule has 10 heteroatoms. The van der Waals surface area contributed by atoms with Crippen LogP contribution in [-0.4, -0.2) is 51.2 Å². The number of carbonyl (C=O) groups is 2. The highest BCUT2D eigenvalue weighted by Crippen LogP contribution is 2.31. The molecule has 4 rings (SSSR count). The SMILES string of the molecule is CCCCNC(=O)OCc1cn(C2CC(NCC(=O)c3cc(-c4ccccc4)on3)C2)nn1. The number of nitrogens with zero attached hydrogens (tertiary/aromatic N) is 4. The Morgan fingerprint density at radius 3 is 2.85 bits per heavy atom. The van der Waals surface area contributed by atoms with Gasteiger partial charge < -0.3 is 19.9 Å². The number of hydrogen-bond acceptors (Lipinski definition) is 8. The Morgan fingerprint density at radius 2 is 2.06 bits per heavy atom. The third kappa shape index (κ3) is 6.04. The number of alkyl carbamates (subject to hydrolysis) is 1. The molecule has 0 radical (unpaired) electrons. The first-order valence-electron chi connectivity index (χ1n) is 11.2. The smallest absolute Gasteiger partial charge is 0.407 e. The summed E-state index contributed by atoms with van der Waals surface area (Å²) in [5.74, 6) is 0.467. The number of hydrogen-bond donors (Lipinski definition) is 2. The van der Waals surface area contributed by atoms with Crippen molar-refractivity contribution in [2.75, 3.05) is 13.1 Å². The van der Waals surface area contributed by atoms with Gasteiger partial charge in [0.05, 0.1) is 18.8 Å². The summed E-state index contributed by atoms with van der Waals surface area (Å²) in [6, 6.07) is 11.6. The molecule has 1 saturated carbocycles. The summed E-state index contributed by atoms with van der Waals surface area (Å²) in [6.45, 7) is 2.94. The van der Waals surface area contributed by atoms with Crippen molar-refractivity contribution in [3.05, 3.63) is 54.0 Å². The number of ether oxygens (including phenoxy) is 1. The van der Waals surface area contributed by atoms with E-state index in [1.165, 1.54) is 0 Å². The van der Waals surface area contributed by atoms with Gasteiger partial charge in [-0.15, -0.1) is 5.10 Å². The third-order valence-corrected chi connectivity index (χ3v) is 5.60. The predicted octanol–water partition coefficient (Wildman–Crippen LogP) is 3.14. The zero-order valence-electron chi connectivity index (χ0n) is 18.6. The molecule has 1 aromatic carbocycles. The van der Waals surface area contributed by atoms with Crippen LogP contribution < -0.4 is 10.6 Å². The van der Waals surface area contributed by atoms with Gasteiger partial charge in [0, 0.05) is 24.2 Å². The second kappa shape index (κ2) is 10.9. The summed E-state index contributed by atoms with van der Waals surface area (Å²) >= 11 is 0. The van der Waals surface area contributed by atoms with E-state index >= 15 is 0 Å². The number of unbranched alkanes of at least 4 members (excludes halogenated alkanes) is 1. The van der Waals surface area contributed by atoms with Crippen LogP contribution in [0, 0.1) is 0 Å². The molecule has 1 amide bonds. The Labute approximate surface area is 191 Å². The van der Waals surface area contributed by atoms with Gasteiger partial charge in [0.15, 0.2) is 17.2 Å². The van der Waals surface area contributed by atoms with Crippen LogP contribution in [0.25, 0.3) is 11.3 Å². The number of carbonyl (C=O) groups excluding carboxylic acids is 2. The van der Waals surface area contributed by atoms with Crippen LogP contribution in [0.1, 0.15) is 54.8 Å². The fraction of sp³-hybridized carbons (Fsp3) is 0.435. The highest BCUT2D eigenvalue weighted by molar-refractivity contribution is 5.96. The quantitative estimate of drug-likeness (QED) is 0.336. The number of amides is 1. The van der Waals surface area contributed by atoms with Crippen molar-refractivity contribution in [1.29, 1.82) is 0 Å². The summed E-state index contributed by atoms with van der Waals surface area (Å²) in [5, 5.41) is 18.1. The Morgan fingerprint density at radius 1 is 1.24 bits per heavy atom. The maximum absolute atomic E-state index is 12.4. The topological polar surface area (TPSA) is 124 Å². The van der Waals surface area contributed by atoms with Gasteiger partial charge in [0.1, 0.15) is 12.3 Å². The molecule has 1 aliphatic carbocycles. The van der Waals surface area contributed by atoms with Crippen molar-refractivity contribution >= 4 is 11.9 Å². The van der Waals surface area contributed by atoms with Gasteiger partial charge in [-0.2, -0.15) is 0 Å². The van der Waals surface area contributed by atoms with Gasteiger partial charge in [0.25, 0.3) is 0 Å². The Kier molecular flexibility index (Phi) is 7.46. The fourth-order valence-electron chi connectivity index (χ4n) is 3.56. The van der Waals surface area contributed by atoms with E-state index in [2.05, 4.69) is 33.0 Å². The van der Waals surface area contributed by atoms with E-state index in [1.54, 1.807) is 16.9 Å². The highest BCUT2D eigenvalue weighted by atomic mass is 16.5. The van der Waals surface area contributed by atoms with E-state index in [1.807, 2.05) is 30.3 Å². The standard InChI is InChI=1S/C23H28N6O4/c1-2-3-9-24-23(31)32-15-18-14-29(28-26-18)19-10-17(11-19)25-13-21(30)20-12-22(33-27-20)16-7-5-4-6-8-16/h4-8,12,14,17,19,25H,2-3,9-11,13,15H2,1H3,(H,24,31). The van der Waals surface area contributed by atoms with Gasteiger partial charge >= 0.3 is 6.09 Å². The predicted molar refractivity (Wildman–Crippen MR) is 119 cm³/mol. The number of aromatic nitrogens is 4. The van der Waals surface area contributed by atoms with E-state index < -0.39 is 6.09 Å². The van der Waals surface area contributed by atoms with E-state index in [9.17, 15) is 9.59 Å². The maximum atomic E-state index is 12.4. The van der Waals surface area contributed by atoms with Crippen molar-refractivity contribution < 1.29 is 18.8 Å². The molecule has 0 saturated heterocycles. The number of Topliss-reactive ketones (excluding diaryl/α,β-unsaturated/α-hetero) is 1. The maximum Gasteiger partial charge on any atom is 0.407 e. The molecule has 2 N–H and O–H groups in total. The van der Waals surface area contributed by atoms with Gasteiger partial charge in [-0.1, -0.05) is 54.0 Å². The van der Waals surface area contributed by atoms with Crippen LogP contribution in [0.4, 0.5) is 4.79 Å². The lowest BCUT2D eigenvalue weighted by Gasteiger charge is -2.35. The van der Waals surface area contributed by atoms with E-state index in [0.717, 1.165) is 31.2 Å². The monoisotopic (exact) mass is 452 g/mol. The Bertz CT molecular complexity index is 1060. The molecule has 1 aliphatic rings. The number of nitrogens with one attached hydrogen (secondary N) is 2. The van der Waals surface area contributed by atoms with Crippen LogP contribution in [0.2, 0.25) is 0 Å². The summed E-state index contributed by atoms with van der Waals surface area (Å²) in [4.78, 5) is 24.1. The lowest BCUT2D eigenvalue weighted by molar-refractivity contribution is 0.0964. The minimum absolute atomic E-state index is 0.0868. The molecule has 0 aliphatic heterocycles. The molecule has 1 fully saturated rings. The zero-order chi connectivity index (χ0) is 23.0. The first-order valence-corrected chi connectivity index (χ1v) is 11.2. The molecule has 3 aromatic rings. The molecule has 33 heavy (non-hydrogen) atoms. The second-order valence-electron chi connectivity index (χ2n) is 8.12. The van der Waals surface area contributed by atoms with Crippen molar-refractivity contribution in [3.63, 3.8) is 0 Å². The second-order valence-corrected chi connectivity index (χ2v) is 8.12. The summed E-state index contributed by atoms with van der Waals surface area (Å²) in [5.41, 5.74) is 1.80. The van der Waals surface area contributed by atoms with Crippen LogP contribution in [0.3, 0.4) is 0 Å². The van der Waals surface area contributed by atoms with Crippen molar-refractivity contribution in [2.24, 2.45) is 0 Å². The third-order valence-electron chi connectivity index (χ3n) is 5.60. The normalized spacial score (nSPS) is 17.4. The molecule has 10 nitrogen and oxygen atoms in total. The molecule has 2 aromatic heterocycles. The van der Waals surface area contributed by atoms with Gasteiger partial charge in [0.2, 0.25) is 0 Å². The largest absolute Gasteiger partial charge is 0.443 e. The fourth-order valence-corrected chi connectivity index (χ4v) is 3.56. The minimum atomic E-state index is -0.446. The minimum Gasteiger partial charge on any atom is -0.443 e. The van der Waals surface area contributed by atoms with Gasteiger partial charge in [-0.3, -0.25) is 4.79 Å². The molecule has 0 atom stereocenters. The average molecular weight is 453 g/mol. The molecule has 2 heterocycles. The van der Waals surface area contributed by atoms with E-state index in [0.29, 0.717) is 23.7 Å². The average Bonchev–Trinajstić information content (AvgIpc) is 3.48. The zero-order valence-corrected chi connectivity index (χ0v) is 18.6. The highest BCUT2D eigenvalue weighted by Gasteiger charge is 2.31. The van der Waals surface area contributed by atoms with Crippen molar-refractivity contribution in [2.45, 2.75) is 51.3 Å². The Hall–Kier alpha value is -3.53. The van der Waals surface area contributed by atoms with Gasteiger partial charge in [-0.05, 0) is 19.3 Å².